The van der Waals surface area contributed by atoms with Crippen LogP contribution in [0.2, 0.25) is 0 Å². The van der Waals surface area contributed by atoms with Crippen LogP contribution in [0.15, 0.2) is 72.5 Å². The fourth-order valence-electron chi connectivity index (χ4n) is 6.53. The van der Waals surface area contributed by atoms with Crippen molar-refractivity contribution in [3.05, 3.63) is 124 Å². The van der Waals surface area contributed by atoms with Gasteiger partial charge in [0.1, 0.15) is 0 Å². The van der Waals surface area contributed by atoms with Crippen LogP contribution >= 0.6 is 21.0 Å². The summed E-state index contributed by atoms with van der Waals surface area (Å²) in [4.78, 5) is 47.4. The Morgan fingerprint density at radius 2 is 1.13 bits per heavy atom. The minimum atomic E-state index is -0.831. The average Bonchev–Trinajstić information content (AvgIpc) is 3.27. The molecule has 15 heteroatoms. The first-order valence-electron chi connectivity index (χ1n) is 17.0. The molecule has 0 aromatic heterocycles. The second-order valence-corrected chi connectivity index (χ2v) is 17.5. The lowest BCUT2D eigenvalue weighted by Crippen LogP contribution is -2.35. The first kappa shape index (κ1) is 40.0. The van der Waals surface area contributed by atoms with E-state index in [-0.39, 0.29) is 22.7 Å². The highest BCUT2D eigenvalue weighted by molar-refractivity contribution is 14.2. The van der Waals surface area contributed by atoms with E-state index in [2.05, 4.69) is 30.8 Å². The van der Waals surface area contributed by atoms with Crippen molar-refractivity contribution in [3.63, 3.8) is 0 Å². The number of rotatable bonds is 14. The number of benzene rings is 2. The molecule has 278 valence electrons. The number of fused-ring (bicyclic) bond motifs is 2. The monoisotopic (exact) mass is 828 g/mol. The molecule has 0 aliphatic carbocycles. The van der Waals surface area contributed by atoms with Crippen molar-refractivity contribution in [1.82, 2.24) is 0 Å². The van der Waals surface area contributed by atoms with E-state index in [1.807, 2.05) is 75.1 Å². The van der Waals surface area contributed by atoms with Gasteiger partial charge in [0.2, 0.25) is 0 Å². The predicted molar refractivity (Wildman–Crippen MR) is 214 cm³/mol. The standard InChI is InChI=1S/C37H45IN6O8/c1-24(2)16-18-39-28-20-26(41(45)46)22-30(43(49)50)34(28)37(7,8)33(39)15-13-11-9-10-12-14-32-36(5,6)35-29(40(38-32)19-17-25(3)4)21-27(42(47)48)23-31(35)44(51)52/h9-15,20-25H,16-19H2,1-8H3/b10-9+,13-11+,14-12+,33-15+. The number of non-ortho nitro benzene ring substituents is 2. The number of allylic oxidation sites excluding steroid dienone is 8. The van der Waals surface area contributed by atoms with Crippen LogP contribution in [0.4, 0.5) is 34.1 Å². The lowest BCUT2D eigenvalue weighted by Gasteiger charge is -2.37. The van der Waals surface area contributed by atoms with Crippen LogP contribution < -0.4 is 8.01 Å². The summed E-state index contributed by atoms with van der Waals surface area (Å²) in [5.74, 6) is 0.710. The normalized spacial score (nSPS) is 17.3. The smallest absolute Gasteiger partial charge is 0.282 e. The third kappa shape index (κ3) is 8.29. The fourth-order valence-corrected chi connectivity index (χ4v) is 9.56. The Kier molecular flexibility index (Phi) is 12.2. The molecule has 0 spiro atoms. The summed E-state index contributed by atoms with van der Waals surface area (Å²) in [6.45, 7) is 17.1. The predicted octanol–water partition coefficient (Wildman–Crippen LogP) is 9.92. The summed E-state index contributed by atoms with van der Waals surface area (Å²) in [5, 5.41) is 47.7. The number of nitro benzene ring substituents is 4. The molecule has 0 saturated heterocycles. The van der Waals surface area contributed by atoms with E-state index in [4.69, 9.17) is 0 Å². The zero-order valence-corrected chi connectivity index (χ0v) is 32.8. The quantitative estimate of drug-likeness (QED) is 0.0585. The molecular weight excluding hydrogens is 783 g/mol. The van der Waals surface area contributed by atoms with Crippen molar-refractivity contribution in [2.75, 3.05) is 21.1 Å². The Bertz CT molecular complexity index is 1940. The van der Waals surface area contributed by atoms with E-state index in [1.165, 1.54) is 12.1 Å². The van der Waals surface area contributed by atoms with Gasteiger partial charge >= 0.3 is 0 Å². The van der Waals surface area contributed by atoms with Crippen LogP contribution in [0.5, 0.6) is 0 Å². The van der Waals surface area contributed by atoms with E-state index >= 15 is 0 Å². The fraction of sp³-hybridized carbons (Fsp3) is 0.432. The SMILES string of the molecule is CC(C)CCN1I=C(/C=C/C=C/C=C/C=C2/N(CCC(C)C)c3cc([N+](=O)[O-])cc([N+](=O)[O-])c3C2(C)C)C(C)(C)c2c1cc([N+](=O)[O-])cc2[N+](=O)[O-]. The Morgan fingerprint density at radius 1 is 0.654 bits per heavy atom. The molecule has 0 fully saturated rings. The number of halogens is 1. The van der Waals surface area contributed by atoms with Gasteiger partial charge in [0, 0.05) is 66.3 Å². The molecule has 2 aliphatic rings. The summed E-state index contributed by atoms with van der Waals surface area (Å²) >= 11 is -0.831. The maximum Gasteiger partial charge on any atom is 0.282 e. The van der Waals surface area contributed by atoms with Crippen LogP contribution in [-0.4, -0.2) is 36.3 Å². The minimum Gasteiger partial charge on any atom is -0.344 e. The number of hydrogen-bond acceptors (Lipinski definition) is 10. The Hall–Kier alpha value is -4.80. The molecule has 0 saturated carbocycles. The van der Waals surface area contributed by atoms with Crippen molar-refractivity contribution in [2.45, 2.75) is 79.1 Å². The summed E-state index contributed by atoms with van der Waals surface area (Å²) in [6, 6.07) is 4.98. The van der Waals surface area contributed by atoms with Gasteiger partial charge < -0.3 is 8.01 Å². The number of nitro groups is 4. The molecule has 0 atom stereocenters. The second kappa shape index (κ2) is 15.8. The highest BCUT2D eigenvalue weighted by Crippen LogP contribution is 2.53. The maximum absolute atomic E-state index is 12.2. The van der Waals surface area contributed by atoms with Crippen molar-refractivity contribution in [2.24, 2.45) is 11.8 Å². The minimum absolute atomic E-state index is 0.260. The molecule has 0 amide bonds. The Balaban J connectivity index is 1.67. The summed E-state index contributed by atoms with van der Waals surface area (Å²) in [5.41, 5.74) is 0.0389. The van der Waals surface area contributed by atoms with Gasteiger partial charge in [-0.2, -0.15) is 0 Å². The van der Waals surface area contributed by atoms with Crippen molar-refractivity contribution < 1.29 is 19.7 Å². The molecule has 0 unspecified atom stereocenters. The van der Waals surface area contributed by atoms with Crippen LogP contribution in [0, 0.1) is 52.3 Å². The van der Waals surface area contributed by atoms with Gasteiger partial charge in [-0.25, -0.2) is 0 Å². The zero-order chi connectivity index (χ0) is 38.7. The lowest BCUT2D eigenvalue weighted by molar-refractivity contribution is -0.394. The topological polar surface area (TPSA) is 179 Å². The van der Waals surface area contributed by atoms with E-state index in [9.17, 15) is 40.5 Å². The highest BCUT2D eigenvalue weighted by Gasteiger charge is 2.46. The van der Waals surface area contributed by atoms with Crippen LogP contribution in [0.25, 0.3) is 0 Å². The van der Waals surface area contributed by atoms with Gasteiger partial charge in [-0.15, -0.1) is 0 Å². The van der Waals surface area contributed by atoms with Gasteiger partial charge in [-0.3, -0.25) is 40.5 Å². The Morgan fingerprint density at radius 3 is 1.65 bits per heavy atom. The van der Waals surface area contributed by atoms with Gasteiger partial charge in [0.15, 0.2) is 0 Å². The molecule has 2 aromatic rings. The molecule has 52 heavy (non-hydrogen) atoms. The van der Waals surface area contributed by atoms with Crippen LogP contribution in [-0.2, 0) is 10.8 Å². The molecule has 2 aliphatic heterocycles. The number of hydrogen-bond donors (Lipinski definition) is 0. The third-order valence-electron chi connectivity index (χ3n) is 9.28. The molecular formula is C37H45IN6O8. The van der Waals surface area contributed by atoms with Crippen LogP contribution in [0.3, 0.4) is 0 Å². The average molecular weight is 829 g/mol. The first-order chi connectivity index (χ1) is 24.3. The molecule has 0 radical (unpaired) electrons. The van der Waals surface area contributed by atoms with Gasteiger partial charge in [0.05, 0.1) is 54.3 Å². The van der Waals surface area contributed by atoms with E-state index in [0.29, 0.717) is 47.4 Å². The van der Waals surface area contributed by atoms with E-state index < -0.39 is 51.5 Å². The third-order valence-corrected chi connectivity index (χ3v) is 13.1. The molecule has 0 N–H and O–H groups in total. The van der Waals surface area contributed by atoms with Crippen molar-refractivity contribution in [3.8, 4) is 0 Å². The number of nitrogens with zero attached hydrogens (tertiary/aromatic N) is 6. The van der Waals surface area contributed by atoms with Gasteiger partial charge in [-0.05, 0) is 44.6 Å². The first-order valence-corrected chi connectivity index (χ1v) is 19.1. The summed E-state index contributed by atoms with van der Waals surface area (Å²) in [7, 11) is 0. The van der Waals surface area contributed by atoms with Gasteiger partial charge in [0.25, 0.3) is 22.7 Å². The van der Waals surface area contributed by atoms with Gasteiger partial charge in [-0.1, -0.05) is 78.0 Å². The number of anilines is 2. The lowest BCUT2D eigenvalue weighted by atomic mass is 9.79. The molecule has 2 aromatic carbocycles. The maximum atomic E-state index is 12.2. The van der Waals surface area contributed by atoms with Crippen molar-refractivity contribution in [1.29, 1.82) is 0 Å². The largest absolute Gasteiger partial charge is 0.344 e. The summed E-state index contributed by atoms with van der Waals surface area (Å²) < 4.78 is 3.12. The summed E-state index contributed by atoms with van der Waals surface area (Å²) in [6.07, 6.45) is 14.7. The molecule has 0 bridgehead atoms. The molecule has 4 rings (SSSR count). The molecule has 2 heterocycles. The molecule has 14 nitrogen and oxygen atoms in total. The highest BCUT2D eigenvalue weighted by atomic mass is 127. The Labute approximate surface area is 313 Å². The second-order valence-electron chi connectivity index (χ2n) is 14.7. The van der Waals surface area contributed by atoms with E-state index in [1.54, 1.807) is 0 Å². The van der Waals surface area contributed by atoms with Crippen molar-refractivity contribution >= 4 is 58.6 Å². The van der Waals surface area contributed by atoms with Crippen LogP contribution in [0.1, 0.15) is 79.4 Å². The zero-order valence-electron chi connectivity index (χ0n) is 30.7. The van der Waals surface area contributed by atoms with E-state index in [0.717, 1.165) is 34.2 Å².